The number of H-pyrrole nitrogens is 1. The van der Waals surface area contributed by atoms with Crippen molar-refractivity contribution in [3.63, 3.8) is 0 Å². The second kappa shape index (κ2) is 6.99. The lowest BCUT2D eigenvalue weighted by Gasteiger charge is -2.31. The average molecular weight is 343 g/mol. The maximum Gasteiger partial charge on any atom is 0.236 e. The minimum Gasteiger partial charge on any atom is -0.381 e. The number of aromatic amines is 1. The van der Waals surface area contributed by atoms with E-state index in [0.717, 1.165) is 55.4 Å². The number of aromatic nitrogens is 2. The molecule has 24 heavy (non-hydrogen) atoms. The highest BCUT2D eigenvalue weighted by Gasteiger charge is 2.37. The first-order valence-electron chi connectivity index (χ1n) is 8.46. The summed E-state index contributed by atoms with van der Waals surface area (Å²) >= 11 is 1.55. The molecule has 0 spiro atoms. The van der Waals surface area contributed by atoms with E-state index in [1.54, 1.807) is 11.8 Å². The summed E-state index contributed by atoms with van der Waals surface area (Å²) in [5.74, 6) is 0.254. The van der Waals surface area contributed by atoms with Crippen molar-refractivity contribution in [3.8, 4) is 11.3 Å². The van der Waals surface area contributed by atoms with Crippen molar-refractivity contribution in [2.75, 3.05) is 19.8 Å². The molecule has 1 N–H and O–H groups in total. The summed E-state index contributed by atoms with van der Waals surface area (Å²) in [6, 6.07) is 10.5. The number of thioether (sulfide) groups is 1. The van der Waals surface area contributed by atoms with E-state index in [1.165, 1.54) is 0 Å². The van der Waals surface area contributed by atoms with Crippen LogP contribution >= 0.6 is 11.8 Å². The van der Waals surface area contributed by atoms with Crippen molar-refractivity contribution in [2.45, 2.75) is 35.7 Å². The van der Waals surface area contributed by atoms with Crippen LogP contribution < -0.4 is 0 Å². The molecule has 4 rings (SSSR count). The third-order valence-electron chi connectivity index (χ3n) is 4.71. The number of ether oxygens (including phenoxy) is 1. The van der Waals surface area contributed by atoms with E-state index in [4.69, 9.17) is 4.74 Å². The van der Waals surface area contributed by atoms with Crippen LogP contribution in [0.25, 0.3) is 11.3 Å². The Hall–Kier alpha value is -1.79. The minimum atomic E-state index is -0.0254. The number of hydrogen-bond donors (Lipinski definition) is 1. The zero-order chi connectivity index (χ0) is 16.4. The Kier molecular flexibility index (Phi) is 4.58. The smallest absolute Gasteiger partial charge is 0.236 e. The first kappa shape index (κ1) is 15.7. The number of hydrogen-bond acceptors (Lipinski definition) is 4. The molecule has 1 aromatic carbocycles. The molecule has 5 nitrogen and oxygen atoms in total. The number of carbonyl (C=O) groups excluding carboxylic acids is 1. The van der Waals surface area contributed by atoms with Gasteiger partial charge in [-0.15, -0.1) is 0 Å². The second-order valence-electron chi connectivity index (χ2n) is 6.24. The highest BCUT2D eigenvalue weighted by Crippen LogP contribution is 2.32. The Morgan fingerprint density at radius 3 is 2.75 bits per heavy atom. The Balaban J connectivity index is 1.41. The summed E-state index contributed by atoms with van der Waals surface area (Å²) in [5, 5.41) is 0.795. The van der Waals surface area contributed by atoms with Crippen molar-refractivity contribution >= 4 is 17.7 Å². The molecule has 0 aliphatic carbocycles. The summed E-state index contributed by atoms with van der Waals surface area (Å²) in [7, 11) is 0. The molecule has 1 atom stereocenters. The number of benzene rings is 1. The summed E-state index contributed by atoms with van der Waals surface area (Å²) in [6.45, 7) is 2.39. The number of likely N-dealkylation sites (tertiary alicyclic amines) is 1. The van der Waals surface area contributed by atoms with Gasteiger partial charge >= 0.3 is 0 Å². The molecule has 2 aromatic rings. The predicted octanol–water partition coefficient (Wildman–Crippen LogP) is 2.95. The average Bonchev–Trinajstić information content (AvgIpc) is 3.25. The van der Waals surface area contributed by atoms with Crippen molar-refractivity contribution < 1.29 is 9.53 Å². The Morgan fingerprint density at radius 1 is 1.17 bits per heavy atom. The number of nitrogens with one attached hydrogen (secondary N) is 1. The van der Waals surface area contributed by atoms with Gasteiger partial charge < -0.3 is 14.6 Å². The molecule has 1 amide bonds. The topological polar surface area (TPSA) is 58.2 Å². The van der Waals surface area contributed by atoms with Gasteiger partial charge in [-0.2, -0.15) is 0 Å². The molecule has 2 saturated heterocycles. The SMILES string of the molecule is O=C1C(Sc2ncc(-c3ccccc3)[nH]2)CCN1C1CCOCC1. The second-order valence-corrected chi connectivity index (χ2v) is 7.43. The zero-order valence-corrected chi connectivity index (χ0v) is 14.3. The van der Waals surface area contributed by atoms with Crippen molar-refractivity contribution in [1.82, 2.24) is 14.9 Å². The predicted molar refractivity (Wildman–Crippen MR) is 93.8 cm³/mol. The molecular formula is C18H21N3O2S. The van der Waals surface area contributed by atoms with Crippen molar-refractivity contribution in [3.05, 3.63) is 36.5 Å². The molecular weight excluding hydrogens is 322 g/mol. The molecule has 2 aliphatic rings. The van der Waals surface area contributed by atoms with E-state index in [-0.39, 0.29) is 11.2 Å². The van der Waals surface area contributed by atoms with Crippen molar-refractivity contribution in [1.29, 1.82) is 0 Å². The van der Waals surface area contributed by atoms with E-state index >= 15 is 0 Å². The van der Waals surface area contributed by atoms with Crippen LogP contribution in [0, 0.1) is 0 Å². The van der Waals surface area contributed by atoms with Gasteiger partial charge in [0.05, 0.1) is 17.1 Å². The Bertz CT molecular complexity index is 697. The van der Waals surface area contributed by atoms with Gasteiger partial charge in [-0.1, -0.05) is 42.1 Å². The van der Waals surface area contributed by atoms with Gasteiger partial charge in [-0.3, -0.25) is 4.79 Å². The lowest BCUT2D eigenvalue weighted by molar-refractivity contribution is -0.130. The summed E-state index contributed by atoms with van der Waals surface area (Å²) in [6.07, 6.45) is 4.65. The van der Waals surface area contributed by atoms with Crippen LogP contribution in [0.4, 0.5) is 0 Å². The van der Waals surface area contributed by atoms with Crippen LogP contribution in [-0.4, -0.2) is 51.8 Å². The number of nitrogens with zero attached hydrogens (tertiary/aromatic N) is 2. The fraction of sp³-hybridized carbons (Fsp3) is 0.444. The van der Waals surface area contributed by atoms with Crippen LogP contribution in [0.2, 0.25) is 0 Å². The summed E-state index contributed by atoms with van der Waals surface area (Å²) < 4.78 is 5.40. The Morgan fingerprint density at radius 2 is 1.96 bits per heavy atom. The molecule has 126 valence electrons. The maximum absolute atomic E-state index is 12.7. The number of imidazole rings is 1. The normalized spacial score (nSPS) is 22.2. The largest absolute Gasteiger partial charge is 0.381 e. The number of amides is 1. The molecule has 1 unspecified atom stereocenters. The summed E-state index contributed by atoms with van der Waals surface area (Å²) in [5.41, 5.74) is 2.10. The van der Waals surface area contributed by atoms with Crippen LogP contribution in [0.5, 0.6) is 0 Å². The van der Waals surface area contributed by atoms with Gasteiger partial charge in [0.25, 0.3) is 0 Å². The van der Waals surface area contributed by atoms with E-state index < -0.39 is 0 Å². The van der Waals surface area contributed by atoms with E-state index in [0.29, 0.717) is 6.04 Å². The fourth-order valence-electron chi connectivity index (χ4n) is 3.41. The quantitative estimate of drug-likeness (QED) is 0.927. The van der Waals surface area contributed by atoms with E-state index in [1.807, 2.05) is 24.4 Å². The van der Waals surface area contributed by atoms with Gasteiger partial charge in [0, 0.05) is 25.8 Å². The fourth-order valence-corrected chi connectivity index (χ4v) is 4.42. The lowest BCUT2D eigenvalue weighted by Crippen LogP contribution is -2.41. The third kappa shape index (κ3) is 3.21. The zero-order valence-electron chi connectivity index (χ0n) is 13.5. The molecule has 0 bridgehead atoms. The standard InChI is InChI=1S/C18H21N3O2S/c22-17-16(6-9-21(17)14-7-10-23-11-8-14)24-18-19-12-15(20-18)13-4-2-1-3-5-13/h1-5,12,14,16H,6-11H2,(H,19,20). The molecule has 6 heteroatoms. The van der Waals surface area contributed by atoms with Gasteiger partial charge in [-0.05, 0) is 24.8 Å². The number of carbonyl (C=O) groups is 1. The molecule has 2 fully saturated rings. The minimum absolute atomic E-state index is 0.0254. The lowest BCUT2D eigenvalue weighted by atomic mass is 10.1. The Labute approximate surface area is 145 Å². The van der Waals surface area contributed by atoms with E-state index in [2.05, 4.69) is 27.0 Å². The first-order valence-corrected chi connectivity index (χ1v) is 9.34. The molecule has 3 heterocycles. The van der Waals surface area contributed by atoms with Crippen LogP contribution in [0.1, 0.15) is 19.3 Å². The van der Waals surface area contributed by atoms with Gasteiger partial charge in [-0.25, -0.2) is 4.98 Å². The van der Waals surface area contributed by atoms with Crippen molar-refractivity contribution in [2.24, 2.45) is 0 Å². The summed E-state index contributed by atoms with van der Waals surface area (Å²) in [4.78, 5) is 22.5. The van der Waals surface area contributed by atoms with Gasteiger partial charge in [0.1, 0.15) is 0 Å². The molecule has 0 radical (unpaired) electrons. The first-order chi connectivity index (χ1) is 11.8. The highest BCUT2D eigenvalue weighted by atomic mass is 32.2. The van der Waals surface area contributed by atoms with Gasteiger partial charge in [0.15, 0.2) is 5.16 Å². The highest BCUT2D eigenvalue weighted by molar-refractivity contribution is 8.00. The van der Waals surface area contributed by atoms with Crippen LogP contribution in [0.3, 0.4) is 0 Å². The van der Waals surface area contributed by atoms with Crippen LogP contribution in [0.15, 0.2) is 41.7 Å². The molecule has 0 saturated carbocycles. The number of rotatable bonds is 4. The van der Waals surface area contributed by atoms with Crippen LogP contribution in [-0.2, 0) is 9.53 Å². The monoisotopic (exact) mass is 343 g/mol. The van der Waals surface area contributed by atoms with Gasteiger partial charge in [0.2, 0.25) is 5.91 Å². The maximum atomic E-state index is 12.7. The molecule has 1 aromatic heterocycles. The third-order valence-corrected chi connectivity index (χ3v) is 5.87. The van der Waals surface area contributed by atoms with E-state index in [9.17, 15) is 4.79 Å². The molecule has 2 aliphatic heterocycles.